The highest BCUT2D eigenvalue weighted by Gasteiger charge is 2.37. The summed E-state index contributed by atoms with van der Waals surface area (Å²) in [6.45, 7) is 0.220. The molecule has 0 radical (unpaired) electrons. The molecule has 1 saturated heterocycles. The number of carbonyl (C=O) groups is 1. The molecule has 9 heteroatoms. The summed E-state index contributed by atoms with van der Waals surface area (Å²) in [6.07, 6.45) is 1.77. The number of hydrogen-bond donors (Lipinski definition) is 1. The molecule has 2 aromatic carbocycles. The van der Waals surface area contributed by atoms with Crippen molar-refractivity contribution in [1.29, 1.82) is 0 Å². The molecule has 1 aliphatic rings. The molecule has 0 aromatic heterocycles. The van der Waals surface area contributed by atoms with Crippen molar-refractivity contribution in [2.75, 3.05) is 26.1 Å². The van der Waals surface area contributed by atoms with Gasteiger partial charge in [0.1, 0.15) is 23.4 Å². The maximum absolute atomic E-state index is 13.2. The van der Waals surface area contributed by atoms with E-state index in [-0.39, 0.29) is 11.4 Å². The van der Waals surface area contributed by atoms with Gasteiger partial charge in [0.25, 0.3) is 0 Å². The number of piperidine rings is 1. The van der Waals surface area contributed by atoms with Crippen molar-refractivity contribution in [3.8, 4) is 11.5 Å². The summed E-state index contributed by atoms with van der Waals surface area (Å²) in [4.78, 5) is 12.9. The molecule has 1 atom stereocenters. The Hall–Kier alpha value is -2.65. The summed E-state index contributed by atoms with van der Waals surface area (Å²) in [5.74, 6) is 0.00169. The summed E-state index contributed by atoms with van der Waals surface area (Å²) >= 11 is 0. The van der Waals surface area contributed by atoms with E-state index >= 15 is 0 Å². The van der Waals surface area contributed by atoms with Crippen molar-refractivity contribution in [1.82, 2.24) is 4.31 Å². The minimum atomic E-state index is -3.94. The summed E-state index contributed by atoms with van der Waals surface area (Å²) in [5.41, 5.74) is 0.419. The first-order valence-electron chi connectivity index (χ1n) is 9.17. The highest BCUT2D eigenvalue weighted by Crippen LogP contribution is 2.31. The van der Waals surface area contributed by atoms with Gasteiger partial charge >= 0.3 is 0 Å². The first-order chi connectivity index (χ1) is 13.9. The van der Waals surface area contributed by atoms with Crippen LogP contribution in [0.1, 0.15) is 19.3 Å². The smallest absolute Gasteiger partial charge is 0.243 e. The fraction of sp³-hybridized carbons (Fsp3) is 0.350. The minimum Gasteiger partial charge on any atom is -0.497 e. The van der Waals surface area contributed by atoms with Crippen LogP contribution < -0.4 is 14.8 Å². The van der Waals surface area contributed by atoms with Gasteiger partial charge in [-0.2, -0.15) is 4.31 Å². The fourth-order valence-electron chi connectivity index (χ4n) is 3.31. The van der Waals surface area contributed by atoms with Gasteiger partial charge in [0, 0.05) is 12.6 Å². The highest BCUT2D eigenvalue weighted by atomic mass is 32.2. The zero-order valence-corrected chi connectivity index (χ0v) is 17.0. The van der Waals surface area contributed by atoms with Gasteiger partial charge in [-0.1, -0.05) is 6.42 Å². The maximum atomic E-state index is 13.2. The second kappa shape index (κ2) is 8.79. The Bertz CT molecular complexity index is 979. The van der Waals surface area contributed by atoms with Crippen LogP contribution in [0.2, 0.25) is 0 Å². The molecular weight excluding hydrogens is 399 g/mol. The highest BCUT2D eigenvalue weighted by molar-refractivity contribution is 7.89. The van der Waals surface area contributed by atoms with Gasteiger partial charge in [0.05, 0.1) is 24.8 Å². The van der Waals surface area contributed by atoms with E-state index in [4.69, 9.17) is 9.47 Å². The average Bonchev–Trinajstić information content (AvgIpc) is 2.74. The van der Waals surface area contributed by atoms with E-state index in [9.17, 15) is 17.6 Å². The van der Waals surface area contributed by atoms with Gasteiger partial charge in [0.15, 0.2) is 0 Å². The molecular formula is C20H23FN2O5S. The van der Waals surface area contributed by atoms with Crippen molar-refractivity contribution in [2.45, 2.75) is 30.2 Å². The lowest BCUT2D eigenvalue weighted by Crippen LogP contribution is -2.49. The molecule has 0 saturated carbocycles. The third-order valence-electron chi connectivity index (χ3n) is 4.84. The summed E-state index contributed by atoms with van der Waals surface area (Å²) in [7, 11) is -0.947. The quantitative estimate of drug-likeness (QED) is 0.774. The predicted octanol–water partition coefficient (Wildman–Crippen LogP) is 3.02. The Morgan fingerprint density at radius 1 is 1.10 bits per heavy atom. The van der Waals surface area contributed by atoms with E-state index < -0.39 is 27.8 Å². The lowest BCUT2D eigenvalue weighted by atomic mass is 10.0. The molecule has 0 aliphatic carbocycles. The number of nitrogens with one attached hydrogen (secondary N) is 1. The second-order valence-electron chi connectivity index (χ2n) is 6.64. The third kappa shape index (κ3) is 4.51. The van der Waals surface area contributed by atoms with Crippen LogP contribution in [0, 0.1) is 5.82 Å². The lowest BCUT2D eigenvalue weighted by molar-refractivity contribution is -0.120. The van der Waals surface area contributed by atoms with E-state index in [0.717, 1.165) is 18.6 Å². The third-order valence-corrected chi connectivity index (χ3v) is 6.77. The molecule has 3 rings (SSSR count). The second-order valence-corrected chi connectivity index (χ2v) is 8.53. The van der Waals surface area contributed by atoms with Crippen LogP contribution in [-0.4, -0.2) is 45.4 Å². The molecule has 2 aromatic rings. The van der Waals surface area contributed by atoms with Crippen LogP contribution >= 0.6 is 0 Å². The Morgan fingerprint density at radius 2 is 1.83 bits per heavy atom. The van der Waals surface area contributed by atoms with Crippen molar-refractivity contribution in [3.63, 3.8) is 0 Å². The van der Waals surface area contributed by atoms with Crippen LogP contribution in [0.25, 0.3) is 0 Å². The number of amides is 1. The van der Waals surface area contributed by atoms with E-state index in [0.29, 0.717) is 30.0 Å². The Kier molecular flexibility index (Phi) is 6.39. The van der Waals surface area contributed by atoms with E-state index in [1.807, 2.05) is 0 Å². The van der Waals surface area contributed by atoms with Gasteiger partial charge < -0.3 is 14.8 Å². The van der Waals surface area contributed by atoms with Crippen LogP contribution in [0.3, 0.4) is 0 Å². The molecule has 1 fully saturated rings. The van der Waals surface area contributed by atoms with Crippen LogP contribution in [0.5, 0.6) is 11.5 Å². The molecule has 1 N–H and O–H groups in total. The van der Waals surface area contributed by atoms with Gasteiger partial charge in [-0.15, -0.1) is 0 Å². The first-order valence-corrected chi connectivity index (χ1v) is 10.6. The predicted molar refractivity (Wildman–Crippen MR) is 106 cm³/mol. The van der Waals surface area contributed by atoms with E-state index in [1.165, 1.54) is 30.7 Å². The zero-order valence-electron chi connectivity index (χ0n) is 16.2. The summed E-state index contributed by atoms with van der Waals surface area (Å²) in [5, 5.41) is 2.76. The SMILES string of the molecule is COc1ccc(NC(=O)[C@H]2CCCCN2S(=O)(=O)c2ccc(F)cc2)c(OC)c1. The Labute approximate surface area is 169 Å². The molecule has 156 valence electrons. The summed E-state index contributed by atoms with van der Waals surface area (Å²) < 4.78 is 50.9. The number of ether oxygens (including phenoxy) is 2. The van der Waals surface area contributed by atoms with Crippen LogP contribution in [-0.2, 0) is 14.8 Å². The molecule has 0 spiro atoms. The first kappa shape index (κ1) is 21.1. The van der Waals surface area contributed by atoms with Gasteiger partial charge in [-0.3, -0.25) is 4.79 Å². The number of nitrogens with zero attached hydrogens (tertiary/aromatic N) is 1. The summed E-state index contributed by atoms with van der Waals surface area (Å²) in [6, 6.07) is 8.67. The topological polar surface area (TPSA) is 84.9 Å². The van der Waals surface area contributed by atoms with Gasteiger partial charge in [-0.25, -0.2) is 12.8 Å². The lowest BCUT2D eigenvalue weighted by Gasteiger charge is -2.33. The number of sulfonamides is 1. The largest absolute Gasteiger partial charge is 0.497 e. The Balaban J connectivity index is 1.86. The van der Waals surface area contributed by atoms with Gasteiger partial charge in [0.2, 0.25) is 15.9 Å². The average molecular weight is 422 g/mol. The number of rotatable bonds is 6. The molecule has 1 amide bonds. The standard InChI is InChI=1S/C20H23FN2O5S/c1-27-15-8-11-17(19(13-15)28-2)22-20(24)18-5-3-4-12-23(18)29(25,26)16-9-6-14(21)7-10-16/h6-11,13,18H,3-5,12H2,1-2H3,(H,22,24)/t18-/m1/s1. The molecule has 1 aliphatic heterocycles. The number of hydrogen-bond acceptors (Lipinski definition) is 5. The number of anilines is 1. The van der Waals surface area contributed by atoms with Gasteiger partial charge in [-0.05, 0) is 49.2 Å². The molecule has 29 heavy (non-hydrogen) atoms. The van der Waals surface area contributed by atoms with Crippen LogP contribution in [0.4, 0.5) is 10.1 Å². The Morgan fingerprint density at radius 3 is 2.48 bits per heavy atom. The van der Waals surface area contributed by atoms with Crippen molar-refractivity contribution >= 4 is 21.6 Å². The molecule has 7 nitrogen and oxygen atoms in total. The fourth-order valence-corrected chi connectivity index (χ4v) is 4.97. The maximum Gasteiger partial charge on any atom is 0.243 e. The number of benzene rings is 2. The minimum absolute atomic E-state index is 0.0411. The van der Waals surface area contributed by atoms with E-state index in [1.54, 1.807) is 18.2 Å². The normalized spacial score (nSPS) is 17.6. The van der Waals surface area contributed by atoms with E-state index in [2.05, 4.69) is 5.32 Å². The molecule has 1 heterocycles. The van der Waals surface area contributed by atoms with Crippen molar-refractivity contribution < 1.29 is 27.1 Å². The zero-order chi connectivity index (χ0) is 21.0. The number of halogens is 1. The van der Waals surface area contributed by atoms with Crippen molar-refractivity contribution in [2.24, 2.45) is 0 Å². The number of methoxy groups -OCH3 is 2. The monoisotopic (exact) mass is 422 g/mol. The van der Waals surface area contributed by atoms with Crippen LogP contribution in [0.15, 0.2) is 47.4 Å². The molecule has 0 unspecified atom stereocenters. The number of carbonyl (C=O) groups excluding carboxylic acids is 1. The van der Waals surface area contributed by atoms with Crippen molar-refractivity contribution in [3.05, 3.63) is 48.3 Å². The molecule has 0 bridgehead atoms.